The highest BCUT2D eigenvalue weighted by Crippen LogP contribution is 2.28. The molecule has 0 radical (unpaired) electrons. The first-order valence-electron chi connectivity index (χ1n) is 12.7. The summed E-state index contributed by atoms with van der Waals surface area (Å²) in [6, 6.07) is 18.8. The molecule has 11 heteroatoms. The number of methoxy groups -OCH3 is 1. The van der Waals surface area contributed by atoms with Crippen molar-refractivity contribution in [1.82, 2.24) is 19.9 Å². The van der Waals surface area contributed by atoms with Gasteiger partial charge in [0.25, 0.3) is 0 Å². The third kappa shape index (κ3) is 6.57. The Morgan fingerprint density at radius 1 is 0.558 bits per heavy atom. The lowest BCUT2D eigenvalue weighted by molar-refractivity contribution is 0.0686. The van der Waals surface area contributed by atoms with Crippen LogP contribution in [-0.2, 0) is 0 Å². The molecule has 0 aliphatic heterocycles. The van der Waals surface area contributed by atoms with Crippen LogP contribution in [0.1, 0.15) is 42.2 Å². The number of aromatic carboxylic acids is 3. The summed E-state index contributed by atoms with van der Waals surface area (Å²) in [5.74, 6) is -2.82. The number of ether oxygens (including phenoxy) is 1. The molecular formula is C32H22N4O7. The molecule has 212 valence electrons. The van der Waals surface area contributed by atoms with Gasteiger partial charge in [-0.15, -0.1) is 0 Å². The van der Waals surface area contributed by atoms with Crippen molar-refractivity contribution in [3.05, 3.63) is 113 Å². The quantitative estimate of drug-likeness (QED) is 0.202. The number of carboxylic acid groups (broad SMARTS) is 3. The lowest BCUT2D eigenvalue weighted by Crippen LogP contribution is -2.03. The normalized spacial score (nSPS) is 10.9. The molecule has 1 aromatic carbocycles. The Morgan fingerprint density at radius 2 is 0.977 bits per heavy atom. The van der Waals surface area contributed by atoms with Gasteiger partial charge in [-0.05, 0) is 71.8 Å². The second-order valence-electron chi connectivity index (χ2n) is 9.18. The lowest BCUT2D eigenvalue weighted by Gasteiger charge is -2.10. The molecule has 11 nitrogen and oxygen atoms in total. The van der Waals surface area contributed by atoms with Gasteiger partial charge >= 0.3 is 17.9 Å². The van der Waals surface area contributed by atoms with Gasteiger partial charge in [0.15, 0.2) is 0 Å². The summed E-state index contributed by atoms with van der Waals surface area (Å²) in [5, 5.41) is 28.7. The number of nitrogens with zero attached hydrogens (tertiary/aromatic N) is 4. The fourth-order valence-electron chi connectivity index (χ4n) is 4.14. The first kappa shape index (κ1) is 28.3. The number of pyridine rings is 4. The topological polar surface area (TPSA) is 173 Å². The Hall–Kier alpha value is -6.23. The number of benzene rings is 1. The third-order valence-corrected chi connectivity index (χ3v) is 6.31. The van der Waals surface area contributed by atoms with Crippen molar-refractivity contribution in [2.75, 3.05) is 7.11 Å². The van der Waals surface area contributed by atoms with E-state index in [2.05, 4.69) is 19.9 Å². The monoisotopic (exact) mass is 574 g/mol. The van der Waals surface area contributed by atoms with Crippen molar-refractivity contribution in [2.24, 2.45) is 0 Å². The van der Waals surface area contributed by atoms with Crippen molar-refractivity contribution in [3.8, 4) is 39.9 Å². The van der Waals surface area contributed by atoms with Crippen molar-refractivity contribution >= 4 is 30.1 Å². The lowest BCUT2D eigenvalue weighted by atomic mass is 10.0. The number of carbonyl (C=O) groups is 3. The van der Waals surface area contributed by atoms with Gasteiger partial charge in [-0.25, -0.2) is 24.4 Å². The summed E-state index contributed by atoms with van der Waals surface area (Å²) in [5.41, 5.74) is 2.74. The molecule has 5 aromatic rings. The van der Waals surface area contributed by atoms with E-state index >= 15 is 0 Å². The molecule has 4 aromatic heterocycles. The van der Waals surface area contributed by atoms with Crippen molar-refractivity contribution in [2.45, 2.75) is 0 Å². The van der Waals surface area contributed by atoms with Crippen LogP contribution in [0.25, 0.3) is 46.3 Å². The summed E-state index contributed by atoms with van der Waals surface area (Å²) >= 11 is 0. The molecule has 0 unspecified atom stereocenters. The van der Waals surface area contributed by atoms with E-state index < -0.39 is 17.9 Å². The van der Waals surface area contributed by atoms with Gasteiger partial charge in [-0.1, -0.05) is 24.3 Å². The minimum absolute atomic E-state index is 0.0187. The van der Waals surface area contributed by atoms with E-state index in [9.17, 15) is 29.7 Å². The summed E-state index contributed by atoms with van der Waals surface area (Å²) in [7, 11) is 1.58. The molecule has 0 atom stereocenters. The van der Waals surface area contributed by atoms with E-state index in [1.165, 1.54) is 48.8 Å². The molecule has 4 heterocycles. The number of hydrogen-bond acceptors (Lipinski definition) is 8. The summed E-state index contributed by atoms with van der Waals surface area (Å²) < 4.78 is 5.21. The molecule has 0 bridgehead atoms. The summed E-state index contributed by atoms with van der Waals surface area (Å²) in [4.78, 5) is 52.9. The largest absolute Gasteiger partial charge is 0.497 e. The van der Waals surface area contributed by atoms with Crippen molar-refractivity contribution in [1.29, 1.82) is 0 Å². The van der Waals surface area contributed by atoms with Gasteiger partial charge in [0.05, 0.1) is 58.0 Å². The van der Waals surface area contributed by atoms with Crippen LogP contribution in [-0.4, -0.2) is 60.3 Å². The SMILES string of the molecule is COc1ccc(C=Cc2cc(-c3cc(C(=O)O)ccn3)nc(-c3cc(C(=O)O)cc(-c4cc(C(=O)O)ccn4)n3)c2)cc1. The number of rotatable bonds is 9. The van der Waals surface area contributed by atoms with E-state index in [4.69, 9.17) is 4.74 Å². The van der Waals surface area contributed by atoms with Gasteiger partial charge < -0.3 is 20.1 Å². The molecule has 0 saturated carbocycles. The highest BCUT2D eigenvalue weighted by molar-refractivity contribution is 5.92. The molecule has 5 rings (SSSR count). The second kappa shape index (κ2) is 12.1. The van der Waals surface area contributed by atoms with Crippen LogP contribution >= 0.6 is 0 Å². The molecule has 0 aliphatic rings. The Morgan fingerprint density at radius 3 is 1.47 bits per heavy atom. The molecule has 3 N–H and O–H groups in total. The molecule has 0 fully saturated rings. The molecule has 0 saturated heterocycles. The fraction of sp³-hybridized carbons (Fsp3) is 0.0312. The van der Waals surface area contributed by atoms with Crippen LogP contribution in [0.4, 0.5) is 0 Å². The average Bonchev–Trinajstić information content (AvgIpc) is 3.03. The van der Waals surface area contributed by atoms with Crippen LogP contribution < -0.4 is 4.74 Å². The zero-order chi connectivity index (χ0) is 30.5. The standard InChI is InChI=1S/C32H22N4O7/c1-43-23-6-4-18(5-7-23)2-3-19-12-26(24-14-20(30(37)38)8-10-33-24)35-27(13-19)29-17-22(32(41)42)16-28(36-29)25-15-21(31(39)40)9-11-34-25/h2-17H,1H3,(H,37,38)(H,39,40)(H,41,42). The maximum atomic E-state index is 12.1. The first-order valence-corrected chi connectivity index (χ1v) is 12.7. The van der Waals surface area contributed by atoms with Gasteiger partial charge in [0.1, 0.15) is 5.75 Å². The van der Waals surface area contributed by atoms with E-state index in [0.717, 1.165) is 5.56 Å². The Balaban J connectivity index is 1.67. The predicted octanol–water partition coefficient (Wildman–Crippen LogP) is 5.54. The zero-order valence-electron chi connectivity index (χ0n) is 22.5. The second-order valence-corrected chi connectivity index (χ2v) is 9.18. The number of carboxylic acids is 3. The number of aromatic nitrogens is 4. The first-order chi connectivity index (χ1) is 20.7. The van der Waals surface area contributed by atoms with Crippen LogP contribution in [0.3, 0.4) is 0 Å². The van der Waals surface area contributed by atoms with Crippen LogP contribution in [0.2, 0.25) is 0 Å². The van der Waals surface area contributed by atoms with Crippen LogP contribution in [0, 0.1) is 0 Å². The van der Waals surface area contributed by atoms with Crippen molar-refractivity contribution < 1.29 is 34.4 Å². The smallest absolute Gasteiger partial charge is 0.335 e. The van der Waals surface area contributed by atoms with Gasteiger partial charge in [-0.2, -0.15) is 0 Å². The maximum Gasteiger partial charge on any atom is 0.335 e. The van der Waals surface area contributed by atoms with Crippen LogP contribution in [0.15, 0.2) is 85.2 Å². The molecule has 0 amide bonds. The van der Waals surface area contributed by atoms with Crippen molar-refractivity contribution in [3.63, 3.8) is 0 Å². The molecule has 0 spiro atoms. The highest BCUT2D eigenvalue weighted by atomic mass is 16.5. The van der Waals surface area contributed by atoms with E-state index in [1.807, 2.05) is 36.4 Å². The average molecular weight is 575 g/mol. The van der Waals surface area contributed by atoms with E-state index in [1.54, 1.807) is 19.2 Å². The van der Waals surface area contributed by atoms with Crippen LogP contribution in [0.5, 0.6) is 5.75 Å². The van der Waals surface area contributed by atoms with Gasteiger partial charge in [0.2, 0.25) is 0 Å². The fourth-order valence-corrected chi connectivity index (χ4v) is 4.14. The maximum absolute atomic E-state index is 12.1. The molecule has 0 aliphatic carbocycles. The predicted molar refractivity (Wildman–Crippen MR) is 157 cm³/mol. The Kier molecular flexibility index (Phi) is 7.97. The Bertz CT molecular complexity index is 1900. The summed E-state index contributed by atoms with van der Waals surface area (Å²) in [6.07, 6.45) is 6.34. The Labute approximate surface area is 244 Å². The summed E-state index contributed by atoms with van der Waals surface area (Å²) in [6.45, 7) is 0. The minimum Gasteiger partial charge on any atom is -0.497 e. The van der Waals surface area contributed by atoms with E-state index in [0.29, 0.717) is 17.0 Å². The van der Waals surface area contributed by atoms with Gasteiger partial charge in [-0.3, -0.25) is 9.97 Å². The molecule has 43 heavy (non-hydrogen) atoms. The zero-order valence-corrected chi connectivity index (χ0v) is 22.5. The number of hydrogen-bond donors (Lipinski definition) is 3. The molecular weight excluding hydrogens is 552 g/mol. The highest BCUT2D eigenvalue weighted by Gasteiger charge is 2.16. The van der Waals surface area contributed by atoms with E-state index in [-0.39, 0.29) is 45.2 Å². The minimum atomic E-state index is -1.23. The third-order valence-electron chi connectivity index (χ3n) is 6.31. The van der Waals surface area contributed by atoms with Gasteiger partial charge in [0, 0.05) is 12.4 Å².